The van der Waals surface area contributed by atoms with Crippen LogP contribution in [0.1, 0.15) is 77.7 Å². The molecular weight excluding hydrogens is 370 g/mol. The normalized spacial score (nSPS) is 13.6. The van der Waals surface area contributed by atoms with E-state index in [1.54, 1.807) is 30.3 Å². The van der Waals surface area contributed by atoms with Crippen molar-refractivity contribution in [2.45, 2.75) is 84.0 Å². The molecule has 160 valence electrons. The van der Waals surface area contributed by atoms with Gasteiger partial charge in [0.25, 0.3) is 0 Å². The van der Waals surface area contributed by atoms with Gasteiger partial charge < -0.3 is 9.84 Å². The summed E-state index contributed by atoms with van der Waals surface area (Å²) in [6.45, 7) is 6.03. The van der Waals surface area contributed by atoms with E-state index < -0.39 is 17.4 Å². The molecule has 2 rings (SSSR count). The number of rotatable bonds is 12. The molecule has 29 heavy (non-hydrogen) atoms. The molecule has 0 aliphatic carbocycles. The molecule has 0 radical (unpaired) electrons. The molecule has 0 bridgehead atoms. The molecule has 0 spiro atoms. The van der Waals surface area contributed by atoms with Crippen molar-refractivity contribution in [2.24, 2.45) is 0 Å². The molecule has 2 nitrogen and oxygen atoms in total. The van der Waals surface area contributed by atoms with Crippen LogP contribution in [0.3, 0.4) is 0 Å². The number of halogens is 2. The smallest absolute Gasteiger partial charge is 0.192 e. The highest BCUT2D eigenvalue weighted by Crippen LogP contribution is 2.32. The molecule has 1 unspecified atom stereocenters. The van der Waals surface area contributed by atoms with E-state index in [4.69, 9.17) is 4.74 Å². The fourth-order valence-electron chi connectivity index (χ4n) is 3.58. The lowest BCUT2D eigenvalue weighted by Gasteiger charge is -2.31. The van der Waals surface area contributed by atoms with Gasteiger partial charge in [-0.3, -0.25) is 0 Å². The summed E-state index contributed by atoms with van der Waals surface area (Å²) in [7, 11) is 0. The Morgan fingerprint density at radius 2 is 1.41 bits per heavy atom. The van der Waals surface area contributed by atoms with E-state index >= 15 is 0 Å². The van der Waals surface area contributed by atoms with Crippen LogP contribution in [0.4, 0.5) is 8.78 Å². The summed E-state index contributed by atoms with van der Waals surface area (Å²) in [5.41, 5.74) is 2.04. The van der Waals surface area contributed by atoms with Gasteiger partial charge >= 0.3 is 0 Å². The van der Waals surface area contributed by atoms with Crippen molar-refractivity contribution in [3.63, 3.8) is 0 Å². The van der Waals surface area contributed by atoms with E-state index in [2.05, 4.69) is 6.92 Å². The van der Waals surface area contributed by atoms with Crippen molar-refractivity contribution in [3.05, 3.63) is 59.7 Å². The maximum absolute atomic E-state index is 13.5. The van der Waals surface area contributed by atoms with Crippen LogP contribution in [0, 0.1) is 11.6 Å². The zero-order valence-corrected chi connectivity index (χ0v) is 17.9. The fourth-order valence-corrected chi connectivity index (χ4v) is 3.58. The highest BCUT2D eigenvalue weighted by Gasteiger charge is 2.31. The Morgan fingerprint density at radius 3 is 2.00 bits per heavy atom. The van der Waals surface area contributed by atoms with E-state index in [-0.39, 0.29) is 6.10 Å². The Kier molecular flexibility index (Phi) is 9.25. The molecule has 0 heterocycles. The number of benzene rings is 2. The van der Waals surface area contributed by atoms with Crippen molar-refractivity contribution in [3.8, 4) is 11.1 Å². The van der Waals surface area contributed by atoms with Crippen LogP contribution in [-0.2, 0) is 10.5 Å². The second-order valence-corrected chi connectivity index (χ2v) is 8.03. The van der Waals surface area contributed by atoms with Crippen LogP contribution >= 0.6 is 0 Å². The van der Waals surface area contributed by atoms with Gasteiger partial charge in [0.15, 0.2) is 17.4 Å². The average Bonchev–Trinajstić information content (AvgIpc) is 2.69. The van der Waals surface area contributed by atoms with Crippen molar-refractivity contribution < 1.29 is 18.6 Å². The fraction of sp³-hybridized carbons (Fsp3) is 0.520. The van der Waals surface area contributed by atoms with Gasteiger partial charge in [-0.15, -0.1) is 0 Å². The Bertz CT molecular complexity index is 743. The van der Waals surface area contributed by atoms with E-state index in [1.165, 1.54) is 38.2 Å². The quantitative estimate of drug-likeness (QED) is 0.296. The zero-order valence-electron chi connectivity index (χ0n) is 17.9. The number of unbranched alkanes of at least 4 members (excludes halogenated alkanes) is 6. The van der Waals surface area contributed by atoms with Crippen LogP contribution < -0.4 is 0 Å². The molecule has 0 aromatic heterocycles. The Morgan fingerprint density at radius 1 is 0.828 bits per heavy atom. The minimum absolute atomic E-state index is 0.115. The molecule has 1 atom stereocenters. The maximum Gasteiger partial charge on any atom is 0.192 e. The summed E-state index contributed by atoms with van der Waals surface area (Å²) in [6.07, 6.45) is 8.58. The molecular formula is C25H34F2O2. The lowest BCUT2D eigenvalue weighted by atomic mass is 9.95. The van der Waals surface area contributed by atoms with E-state index in [0.29, 0.717) is 17.5 Å². The topological polar surface area (TPSA) is 29.5 Å². The Hall–Kier alpha value is -1.78. The molecule has 2 aromatic rings. The largest absolute Gasteiger partial charge is 0.362 e. The number of hydrogen-bond donors (Lipinski definition) is 1. The van der Waals surface area contributed by atoms with E-state index in [0.717, 1.165) is 24.5 Å². The summed E-state index contributed by atoms with van der Waals surface area (Å²) < 4.78 is 32.6. The van der Waals surface area contributed by atoms with Crippen molar-refractivity contribution in [1.82, 2.24) is 0 Å². The van der Waals surface area contributed by atoms with Gasteiger partial charge in [0, 0.05) is 12.0 Å². The van der Waals surface area contributed by atoms with E-state index in [9.17, 15) is 13.9 Å². The molecule has 2 aromatic carbocycles. The number of hydrogen-bond acceptors (Lipinski definition) is 2. The monoisotopic (exact) mass is 404 g/mol. The number of ether oxygens (including phenoxy) is 1. The van der Waals surface area contributed by atoms with Gasteiger partial charge in [0.2, 0.25) is 0 Å². The lowest BCUT2D eigenvalue weighted by molar-refractivity contribution is -0.237. The third-order valence-electron chi connectivity index (χ3n) is 5.14. The predicted molar refractivity (Wildman–Crippen MR) is 115 cm³/mol. The maximum atomic E-state index is 13.5. The molecule has 0 fully saturated rings. The predicted octanol–water partition coefficient (Wildman–Crippen LogP) is 7.34. The van der Waals surface area contributed by atoms with Gasteiger partial charge in [-0.25, -0.2) is 8.78 Å². The van der Waals surface area contributed by atoms with Gasteiger partial charge in [0.1, 0.15) is 0 Å². The minimum Gasteiger partial charge on any atom is -0.362 e. The number of aliphatic hydroxyl groups is 1. The second-order valence-electron chi connectivity index (χ2n) is 8.03. The third kappa shape index (κ3) is 7.20. The molecule has 0 amide bonds. The second kappa shape index (κ2) is 11.4. The van der Waals surface area contributed by atoms with Crippen LogP contribution in [0.2, 0.25) is 0 Å². The summed E-state index contributed by atoms with van der Waals surface area (Å²) in [5.74, 6) is -3.07. The van der Waals surface area contributed by atoms with Crippen LogP contribution in [0.5, 0.6) is 0 Å². The first-order valence-corrected chi connectivity index (χ1v) is 10.8. The van der Waals surface area contributed by atoms with Crippen molar-refractivity contribution in [1.29, 1.82) is 0 Å². The first kappa shape index (κ1) is 23.5. The SMILES string of the molecule is CCCCCCCCCC(O)(OC(C)C)c1ccc(-c2ccc(F)c(F)c2)cc1. The summed E-state index contributed by atoms with van der Waals surface area (Å²) in [5, 5.41) is 11.2. The first-order valence-electron chi connectivity index (χ1n) is 10.8. The van der Waals surface area contributed by atoms with Gasteiger partial charge in [-0.2, -0.15) is 0 Å². The van der Waals surface area contributed by atoms with Gasteiger partial charge in [-0.05, 0) is 43.5 Å². The summed E-state index contributed by atoms with van der Waals surface area (Å²) >= 11 is 0. The standard InChI is InChI=1S/C25H34F2O2/c1-4-5-6-7-8-9-10-17-25(28,29-19(2)3)22-14-11-20(12-15-22)21-13-16-23(26)24(27)18-21/h11-16,18-19,28H,4-10,17H2,1-3H3. The first-order chi connectivity index (χ1) is 13.9. The summed E-state index contributed by atoms with van der Waals surface area (Å²) in [4.78, 5) is 0. The average molecular weight is 405 g/mol. The van der Waals surface area contributed by atoms with Crippen molar-refractivity contribution >= 4 is 0 Å². The molecule has 0 aliphatic rings. The minimum atomic E-state index is -1.34. The highest BCUT2D eigenvalue weighted by molar-refractivity contribution is 5.63. The zero-order chi connectivity index (χ0) is 21.3. The molecule has 0 saturated carbocycles. The van der Waals surface area contributed by atoms with Gasteiger partial charge in [-0.1, -0.05) is 75.8 Å². The summed E-state index contributed by atoms with van der Waals surface area (Å²) in [6, 6.07) is 11.1. The van der Waals surface area contributed by atoms with Crippen molar-refractivity contribution in [2.75, 3.05) is 0 Å². The molecule has 4 heteroatoms. The van der Waals surface area contributed by atoms with Crippen LogP contribution in [0.25, 0.3) is 11.1 Å². The van der Waals surface area contributed by atoms with E-state index in [1.807, 2.05) is 13.8 Å². The molecule has 1 N–H and O–H groups in total. The molecule has 0 saturated heterocycles. The van der Waals surface area contributed by atoms with Crippen LogP contribution in [-0.4, -0.2) is 11.2 Å². The Balaban J connectivity index is 2.05. The van der Waals surface area contributed by atoms with Gasteiger partial charge in [0.05, 0.1) is 6.10 Å². The molecule has 0 aliphatic heterocycles. The Labute approximate surface area is 173 Å². The third-order valence-corrected chi connectivity index (χ3v) is 5.14. The lowest BCUT2D eigenvalue weighted by Crippen LogP contribution is -2.32. The highest BCUT2D eigenvalue weighted by atomic mass is 19.2. The van der Waals surface area contributed by atoms with Crippen LogP contribution in [0.15, 0.2) is 42.5 Å².